The Hall–Kier alpha value is -1.54. The van der Waals surface area contributed by atoms with Crippen LogP contribution in [0.25, 0.3) is 10.2 Å². The third-order valence-corrected chi connectivity index (χ3v) is 7.68. The van der Waals surface area contributed by atoms with Crippen molar-refractivity contribution in [3.05, 3.63) is 49.0 Å². The maximum atomic E-state index is 12.7. The van der Waals surface area contributed by atoms with Gasteiger partial charge in [-0.2, -0.15) is 0 Å². The number of thiophene rings is 1. The number of thioether (sulfide) groups is 1. The molecule has 9 heteroatoms. The van der Waals surface area contributed by atoms with Gasteiger partial charge in [0, 0.05) is 9.90 Å². The van der Waals surface area contributed by atoms with Crippen molar-refractivity contribution in [1.29, 1.82) is 0 Å². The highest BCUT2D eigenvalue weighted by atomic mass is 35.5. The Morgan fingerprint density at radius 3 is 3.00 bits per heavy atom. The smallest absolute Gasteiger partial charge is 0.260 e. The van der Waals surface area contributed by atoms with E-state index in [1.54, 1.807) is 36.5 Å². The summed E-state index contributed by atoms with van der Waals surface area (Å²) in [5.74, 6) is 0.381. The first-order chi connectivity index (χ1) is 13.8. The molecule has 5 nitrogen and oxygen atoms in total. The number of fused-ring (bicyclic) bond motifs is 3. The van der Waals surface area contributed by atoms with E-state index in [0.29, 0.717) is 32.2 Å². The average molecular weight is 468 g/mol. The largest absolute Gasteiger partial charge is 0.324 e. The number of rotatable bonds is 4. The molecule has 1 aromatic carbocycles. The molecule has 29 heavy (non-hydrogen) atoms. The summed E-state index contributed by atoms with van der Waals surface area (Å²) >= 11 is 14.9. The highest BCUT2D eigenvalue weighted by molar-refractivity contribution is 8.00. The highest BCUT2D eigenvalue weighted by Crippen LogP contribution is 2.36. The minimum atomic E-state index is -0.486. The molecule has 2 unspecified atom stereocenters. The second-order valence-electron chi connectivity index (χ2n) is 7.28. The lowest BCUT2D eigenvalue weighted by Gasteiger charge is -2.17. The van der Waals surface area contributed by atoms with E-state index in [2.05, 4.69) is 22.2 Å². The molecule has 2 aromatic heterocycles. The van der Waals surface area contributed by atoms with Crippen molar-refractivity contribution < 1.29 is 4.79 Å². The maximum Gasteiger partial charge on any atom is 0.260 e. The fraction of sp³-hybridized carbons (Fsp3) is 0.350. The molecule has 1 aliphatic carbocycles. The lowest BCUT2D eigenvalue weighted by Crippen LogP contribution is -2.23. The third kappa shape index (κ3) is 4.33. The van der Waals surface area contributed by atoms with Gasteiger partial charge < -0.3 is 10.3 Å². The zero-order valence-electron chi connectivity index (χ0n) is 15.8. The van der Waals surface area contributed by atoms with E-state index in [0.717, 1.165) is 29.7 Å². The minimum Gasteiger partial charge on any atom is -0.324 e. The zero-order chi connectivity index (χ0) is 20.7. The molecule has 0 radical (unpaired) electrons. The molecule has 2 atom stereocenters. The van der Waals surface area contributed by atoms with Crippen molar-refractivity contribution in [2.75, 3.05) is 5.32 Å². The molecule has 0 bridgehead atoms. The molecule has 0 spiro atoms. The zero-order valence-corrected chi connectivity index (χ0v) is 19.0. The number of nitrogens with zero attached hydrogens (tertiary/aromatic N) is 1. The molecule has 4 rings (SSSR count). The van der Waals surface area contributed by atoms with Gasteiger partial charge in [0.25, 0.3) is 5.56 Å². The Morgan fingerprint density at radius 2 is 2.21 bits per heavy atom. The van der Waals surface area contributed by atoms with Crippen LogP contribution < -0.4 is 10.9 Å². The Morgan fingerprint density at radius 1 is 1.41 bits per heavy atom. The number of halogens is 2. The van der Waals surface area contributed by atoms with Gasteiger partial charge in [0.05, 0.1) is 21.3 Å². The quantitative estimate of drug-likeness (QED) is 0.390. The molecule has 0 fully saturated rings. The van der Waals surface area contributed by atoms with Crippen molar-refractivity contribution in [2.45, 2.75) is 43.5 Å². The second kappa shape index (κ2) is 8.30. The molecule has 0 saturated carbocycles. The predicted octanol–water partition coefficient (Wildman–Crippen LogP) is 5.54. The van der Waals surface area contributed by atoms with E-state index in [1.165, 1.54) is 16.6 Å². The van der Waals surface area contributed by atoms with E-state index in [-0.39, 0.29) is 11.5 Å². The van der Waals surface area contributed by atoms with Gasteiger partial charge in [-0.1, -0.05) is 41.9 Å². The number of anilines is 1. The number of amides is 1. The summed E-state index contributed by atoms with van der Waals surface area (Å²) in [4.78, 5) is 34.8. The highest BCUT2D eigenvalue weighted by Gasteiger charge is 2.24. The van der Waals surface area contributed by atoms with E-state index in [4.69, 9.17) is 23.2 Å². The molecule has 1 aliphatic rings. The molecule has 0 aliphatic heterocycles. The normalized spacial score (nSPS) is 17.2. The summed E-state index contributed by atoms with van der Waals surface area (Å²) in [6, 6.07) is 4.88. The van der Waals surface area contributed by atoms with Gasteiger partial charge in [-0.05, 0) is 55.9 Å². The maximum absolute atomic E-state index is 12.7. The van der Waals surface area contributed by atoms with Crippen LogP contribution in [0.5, 0.6) is 0 Å². The second-order valence-corrected chi connectivity index (χ2v) is 10.5. The van der Waals surface area contributed by atoms with Crippen molar-refractivity contribution >= 4 is 68.1 Å². The van der Waals surface area contributed by atoms with Crippen molar-refractivity contribution in [3.63, 3.8) is 0 Å². The lowest BCUT2D eigenvalue weighted by molar-refractivity contribution is -0.115. The topological polar surface area (TPSA) is 74.8 Å². The van der Waals surface area contributed by atoms with E-state index >= 15 is 0 Å². The van der Waals surface area contributed by atoms with Crippen molar-refractivity contribution in [3.8, 4) is 0 Å². The molecule has 2 heterocycles. The van der Waals surface area contributed by atoms with Gasteiger partial charge in [0.2, 0.25) is 5.91 Å². The number of nitrogens with one attached hydrogen (secondary N) is 2. The molecular weight excluding hydrogens is 449 g/mol. The standard InChI is InChI=1S/C20H19Cl2N3O2S2/c1-9-3-5-12-15(7-9)29-19-16(12)18(27)24-20(25-19)28-10(2)17(26)23-14-8-11(21)4-6-13(14)22/h4,6,8-10H,3,5,7H2,1-2H3,(H,23,26)(H,24,25,27). The van der Waals surface area contributed by atoms with Crippen LogP contribution in [-0.4, -0.2) is 21.1 Å². The number of hydrogen-bond acceptors (Lipinski definition) is 5. The van der Waals surface area contributed by atoms with E-state index < -0.39 is 5.25 Å². The molecule has 152 valence electrons. The van der Waals surface area contributed by atoms with Crippen LogP contribution in [0.1, 0.15) is 30.7 Å². The SMILES string of the molecule is CC1CCc2c(sc3nc(SC(C)C(=O)Nc4cc(Cl)ccc4Cl)[nH]c(=O)c23)C1. The summed E-state index contributed by atoms with van der Waals surface area (Å²) in [5.41, 5.74) is 1.47. The van der Waals surface area contributed by atoms with Gasteiger partial charge in [-0.15, -0.1) is 11.3 Å². The first-order valence-electron chi connectivity index (χ1n) is 9.29. The number of aryl methyl sites for hydroxylation is 1. The number of carbonyl (C=O) groups is 1. The average Bonchev–Trinajstić information content (AvgIpc) is 3.02. The summed E-state index contributed by atoms with van der Waals surface area (Å²) in [5, 5.41) is 4.33. The number of benzene rings is 1. The summed E-state index contributed by atoms with van der Waals surface area (Å²) in [6.45, 7) is 3.99. The number of H-pyrrole nitrogens is 1. The van der Waals surface area contributed by atoms with Gasteiger partial charge in [-0.25, -0.2) is 4.98 Å². The summed E-state index contributed by atoms with van der Waals surface area (Å²) < 4.78 is 0. The monoisotopic (exact) mass is 467 g/mol. The Kier molecular flexibility index (Phi) is 5.93. The molecule has 3 aromatic rings. The molecule has 1 amide bonds. The number of aromatic amines is 1. The van der Waals surface area contributed by atoms with Gasteiger partial charge in [0.15, 0.2) is 5.16 Å². The number of carbonyl (C=O) groups excluding carboxylic acids is 1. The fourth-order valence-corrected chi connectivity index (χ4v) is 6.01. The van der Waals surface area contributed by atoms with Crippen LogP contribution in [0, 0.1) is 5.92 Å². The van der Waals surface area contributed by atoms with Crippen molar-refractivity contribution in [2.24, 2.45) is 5.92 Å². The molecular formula is C20H19Cl2N3O2S2. The molecule has 2 N–H and O–H groups in total. The van der Waals surface area contributed by atoms with E-state index in [1.807, 2.05) is 0 Å². The van der Waals surface area contributed by atoms with Crippen LogP contribution in [0.4, 0.5) is 5.69 Å². The first kappa shape index (κ1) is 20.7. The number of aromatic nitrogens is 2. The van der Waals surface area contributed by atoms with Gasteiger partial charge >= 0.3 is 0 Å². The van der Waals surface area contributed by atoms with E-state index in [9.17, 15) is 9.59 Å². The predicted molar refractivity (Wildman–Crippen MR) is 122 cm³/mol. The number of hydrogen-bond donors (Lipinski definition) is 2. The third-order valence-electron chi connectivity index (χ3n) is 4.99. The fourth-order valence-electron chi connectivity index (χ4n) is 3.43. The molecule has 0 saturated heterocycles. The summed E-state index contributed by atoms with van der Waals surface area (Å²) in [6.07, 6.45) is 3.02. The first-order valence-corrected chi connectivity index (χ1v) is 11.7. The van der Waals surface area contributed by atoms with Crippen LogP contribution >= 0.6 is 46.3 Å². The van der Waals surface area contributed by atoms with Gasteiger partial charge in [-0.3, -0.25) is 9.59 Å². The van der Waals surface area contributed by atoms with Crippen LogP contribution in [0.2, 0.25) is 10.0 Å². The van der Waals surface area contributed by atoms with Crippen LogP contribution in [-0.2, 0) is 17.6 Å². The van der Waals surface area contributed by atoms with Crippen molar-refractivity contribution in [1.82, 2.24) is 9.97 Å². The Bertz CT molecular complexity index is 1160. The minimum absolute atomic E-state index is 0.130. The lowest BCUT2D eigenvalue weighted by atomic mass is 9.89. The Labute approximate surface area is 186 Å². The van der Waals surface area contributed by atoms with Gasteiger partial charge in [0.1, 0.15) is 4.83 Å². The van der Waals surface area contributed by atoms with Crippen LogP contribution in [0.15, 0.2) is 28.2 Å². The summed E-state index contributed by atoms with van der Waals surface area (Å²) in [7, 11) is 0. The Balaban J connectivity index is 1.55. The van der Waals surface area contributed by atoms with Crippen LogP contribution in [0.3, 0.4) is 0 Å².